The summed E-state index contributed by atoms with van der Waals surface area (Å²) in [5.41, 5.74) is 5.70. The maximum atomic E-state index is 12.5. The van der Waals surface area contributed by atoms with E-state index in [0.29, 0.717) is 0 Å². The smallest absolute Gasteiger partial charge is 0.333 e. The van der Waals surface area contributed by atoms with Crippen LogP contribution in [-0.4, -0.2) is 53.6 Å². The Bertz CT molecular complexity index is 982. The van der Waals surface area contributed by atoms with E-state index in [0.717, 1.165) is 55.3 Å². The van der Waals surface area contributed by atoms with Crippen molar-refractivity contribution in [2.75, 3.05) is 5.32 Å². The minimum absolute atomic E-state index is 0. The molecule has 1 radical (unpaired) electrons. The van der Waals surface area contributed by atoms with Gasteiger partial charge in [0.25, 0.3) is 10.0 Å². The first kappa shape index (κ1) is 21.4. The van der Waals surface area contributed by atoms with Gasteiger partial charge in [-0.05, 0) is 74.6 Å². The molecule has 28 heavy (non-hydrogen) atoms. The molecule has 0 atom stereocenters. The molecule has 2 amide bonds. The summed E-state index contributed by atoms with van der Waals surface area (Å²) in [5, 5.41) is 2.68. The molecule has 0 bridgehead atoms. The number of hydrogen-bond donors (Lipinski definition) is 2. The average molecular weight is 411 g/mol. The number of anilines is 1. The summed E-state index contributed by atoms with van der Waals surface area (Å²) >= 11 is 0. The van der Waals surface area contributed by atoms with Gasteiger partial charge in [-0.2, -0.15) is 8.42 Å². The fourth-order valence-corrected chi connectivity index (χ4v) is 4.87. The summed E-state index contributed by atoms with van der Waals surface area (Å²) in [6, 6.07) is 1.62. The van der Waals surface area contributed by atoms with Crippen molar-refractivity contribution in [1.29, 1.82) is 0 Å². The zero-order valence-electron chi connectivity index (χ0n) is 16.6. The summed E-state index contributed by atoms with van der Waals surface area (Å²) in [7, 11) is -4.01. The second-order valence-electron chi connectivity index (χ2n) is 7.55. The molecule has 4 rings (SSSR count). The first-order chi connectivity index (χ1) is 12.8. The molecule has 2 aromatic rings. The van der Waals surface area contributed by atoms with Crippen molar-refractivity contribution in [3.05, 3.63) is 40.8 Å². The monoisotopic (exact) mass is 411 g/mol. The number of aryl methyl sites for hydroxylation is 2. The van der Waals surface area contributed by atoms with E-state index < -0.39 is 16.1 Å². The summed E-state index contributed by atoms with van der Waals surface area (Å²) in [5.74, 6) is 0. The summed E-state index contributed by atoms with van der Waals surface area (Å²) < 4.78 is 28.8. The molecule has 0 fully saturated rings. The molecule has 2 aliphatic rings. The van der Waals surface area contributed by atoms with Crippen molar-refractivity contribution >= 4 is 51.3 Å². The largest absolute Gasteiger partial charge is 0.334 e. The second kappa shape index (κ2) is 8.18. The minimum Gasteiger partial charge on any atom is -0.334 e. The van der Waals surface area contributed by atoms with Gasteiger partial charge in [0.2, 0.25) is 0 Å². The molecule has 0 saturated heterocycles. The third kappa shape index (κ3) is 4.01. The average Bonchev–Trinajstić information content (AvgIpc) is 3.34. The van der Waals surface area contributed by atoms with Crippen molar-refractivity contribution in [3.8, 4) is 0 Å². The normalized spacial score (nSPS) is 15.1. The van der Waals surface area contributed by atoms with Gasteiger partial charge in [-0.25, -0.2) is 14.5 Å². The van der Waals surface area contributed by atoms with Crippen LogP contribution < -0.4 is 10.0 Å². The van der Waals surface area contributed by atoms with Gasteiger partial charge in [0, 0.05) is 47.5 Å². The van der Waals surface area contributed by atoms with Crippen LogP contribution in [0.5, 0.6) is 0 Å². The molecule has 1 aromatic carbocycles. The van der Waals surface area contributed by atoms with E-state index in [9.17, 15) is 13.2 Å². The molecule has 1 aromatic heterocycles. The van der Waals surface area contributed by atoms with Gasteiger partial charge in [0.05, 0.1) is 6.33 Å². The Morgan fingerprint density at radius 3 is 2.25 bits per heavy atom. The molecule has 0 unspecified atom stereocenters. The van der Waals surface area contributed by atoms with Gasteiger partial charge in [-0.1, -0.05) is 6.07 Å². The molecule has 1 heterocycles. The Labute approximate surface area is 187 Å². The number of amides is 2. The summed E-state index contributed by atoms with van der Waals surface area (Å²) in [4.78, 5) is 16.4. The van der Waals surface area contributed by atoms with E-state index in [1.165, 1.54) is 23.7 Å². The van der Waals surface area contributed by atoms with Gasteiger partial charge in [-0.15, -0.1) is 0 Å². The first-order valence-corrected chi connectivity index (χ1v) is 10.9. The van der Waals surface area contributed by atoms with Crippen LogP contribution in [-0.2, 0) is 35.7 Å². The van der Waals surface area contributed by atoms with Gasteiger partial charge in [0.1, 0.15) is 0 Å². The molecular formula is C19H24N4NaO3S. The van der Waals surface area contributed by atoms with Crippen LogP contribution in [0.1, 0.15) is 55.0 Å². The number of aromatic nitrogens is 2. The Hall–Kier alpha value is -1.35. The van der Waals surface area contributed by atoms with E-state index in [-0.39, 0.29) is 40.6 Å². The van der Waals surface area contributed by atoms with Crippen molar-refractivity contribution in [1.82, 2.24) is 14.3 Å². The van der Waals surface area contributed by atoms with E-state index in [1.54, 1.807) is 4.57 Å². The molecular weight excluding hydrogens is 387 g/mol. The van der Waals surface area contributed by atoms with Crippen LogP contribution in [0.4, 0.5) is 10.5 Å². The van der Waals surface area contributed by atoms with Crippen molar-refractivity contribution in [2.45, 2.75) is 63.4 Å². The predicted octanol–water partition coefficient (Wildman–Crippen LogP) is 2.57. The molecule has 2 aliphatic carbocycles. The first-order valence-electron chi connectivity index (χ1n) is 9.39. The Morgan fingerprint density at radius 2 is 1.71 bits per heavy atom. The molecule has 2 N–H and O–H groups in total. The van der Waals surface area contributed by atoms with Crippen molar-refractivity contribution < 1.29 is 13.2 Å². The fourth-order valence-electron chi connectivity index (χ4n) is 4.02. The fraction of sp³-hybridized carbons (Fsp3) is 0.474. The molecule has 9 heteroatoms. The maximum Gasteiger partial charge on any atom is 0.333 e. The molecule has 7 nitrogen and oxygen atoms in total. The van der Waals surface area contributed by atoms with Gasteiger partial charge in [-0.3, -0.25) is 0 Å². The van der Waals surface area contributed by atoms with Crippen LogP contribution in [0.3, 0.4) is 0 Å². The minimum atomic E-state index is -4.01. The number of carbonyl (C=O) groups excluding carboxylic acids is 1. The van der Waals surface area contributed by atoms with Crippen LogP contribution in [0.2, 0.25) is 0 Å². The summed E-state index contributed by atoms with van der Waals surface area (Å²) in [6.07, 6.45) is 8.90. The number of hydrogen-bond acceptors (Lipinski definition) is 4. The van der Waals surface area contributed by atoms with E-state index in [1.807, 2.05) is 13.8 Å². The van der Waals surface area contributed by atoms with Gasteiger partial charge < -0.3 is 9.88 Å². The molecule has 0 aliphatic heterocycles. The van der Waals surface area contributed by atoms with E-state index in [2.05, 4.69) is 21.1 Å². The van der Waals surface area contributed by atoms with Crippen molar-refractivity contribution in [2.24, 2.45) is 0 Å². The quantitative estimate of drug-likeness (QED) is 0.757. The Morgan fingerprint density at radius 1 is 1.11 bits per heavy atom. The number of urea groups is 1. The summed E-state index contributed by atoms with van der Waals surface area (Å²) in [6.45, 7) is 3.85. The Balaban J connectivity index is 0.00000225. The van der Waals surface area contributed by atoms with E-state index in [4.69, 9.17) is 0 Å². The third-order valence-corrected chi connectivity index (χ3v) is 6.60. The van der Waals surface area contributed by atoms with Crippen LogP contribution in [0.25, 0.3) is 0 Å². The van der Waals surface area contributed by atoms with Gasteiger partial charge in [0.15, 0.2) is 5.03 Å². The third-order valence-electron chi connectivity index (χ3n) is 5.39. The predicted molar refractivity (Wildman–Crippen MR) is 108 cm³/mol. The molecule has 0 spiro atoms. The number of imidazole rings is 1. The Kier molecular flexibility index (Phi) is 6.24. The maximum absolute atomic E-state index is 12.5. The standard InChI is InChI=1S/C19H24N4O3S.Na/c1-12(2)23-10-17(20-11-23)27(25,26)22-19(24)21-18-15-7-3-5-13(15)9-14-6-4-8-16(14)18;/h9-12H,3-8H2,1-2H3,(H2,21,22,24);. The van der Waals surface area contributed by atoms with Gasteiger partial charge >= 0.3 is 6.03 Å². The topological polar surface area (TPSA) is 93.1 Å². The zero-order valence-corrected chi connectivity index (χ0v) is 19.4. The number of sulfonamides is 1. The number of benzene rings is 1. The molecule has 145 valence electrons. The number of carbonyl (C=O) groups is 1. The number of fused-ring (bicyclic) bond motifs is 2. The van der Waals surface area contributed by atoms with Crippen LogP contribution in [0.15, 0.2) is 23.6 Å². The zero-order chi connectivity index (χ0) is 19.2. The van der Waals surface area contributed by atoms with Crippen LogP contribution in [0, 0.1) is 0 Å². The SMILES string of the molecule is CC(C)n1cnc(S(=O)(=O)NC(=O)Nc2c3c(cc4c2CCC4)CCC3)c1.[Na]. The van der Waals surface area contributed by atoms with Crippen molar-refractivity contribution in [3.63, 3.8) is 0 Å². The molecule has 0 saturated carbocycles. The number of nitrogens with zero attached hydrogens (tertiary/aromatic N) is 2. The van der Waals surface area contributed by atoms with Crippen LogP contribution >= 0.6 is 0 Å². The number of nitrogens with one attached hydrogen (secondary N) is 2. The number of rotatable bonds is 4. The van der Waals surface area contributed by atoms with E-state index >= 15 is 0 Å². The second-order valence-corrected chi connectivity index (χ2v) is 9.18.